The van der Waals surface area contributed by atoms with Gasteiger partial charge in [0.05, 0.1) is 29.3 Å². The molecule has 1 aliphatic carbocycles. The molecule has 11 heteroatoms. The highest BCUT2D eigenvalue weighted by molar-refractivity contribution is 8.26. The second kappa shape index (κ2) is 7.41. The standard InChI is InChI=1S/C22H24N6O4S/c1-21-15-9-14(27-18(29)16-4-3-13(10-23)11-25-16)12-26-19(15)32-8-5-17(21)33(30,31)22(6-2-7-22)20(24)28-21/h3-4,9,11-12,17,30-31H,2,5-8H2,1H3,(H2,24,28)(H,27,29)/t17-,21-/m1/s1. The van der Waals surface area contributed by atoms with Crippen LogP contribution in [0.4, 0.5) is 5.69 Å². The number of carbonyl (C=O) groups is 1. The molecule has 33 heavy (non-hydrogen) atoms. The van der Waals surface area contributed by atoms with E-state index in [0.29, 0.717) is 42.0 Å². The zero-order chi connectivity index (χ0) is 23.4. The first-order valence-electron chi connectivity index (χ1n) is 10.6. The monoisotopic (exact) mass is 468 g/mol. The van der Waals surface area contributed by atoms with Crippen LogP contribution in [0.1, 0.15) is 54.2 Å². The summed E-state index contributed by atoms with van der Waals surface area (Å²) in [6.45, 7) is 2.08. The van der Waals surface area contributed by atoms with E-state index in [4.69, 9.17) is 20.7 Å². The Bertz CT molecular complexity index is 1200. The van der Waals surface area contributed by atoms with Crippen molar-refractivity contribution in [2.45, 2.75) is 48.1 Å². The number of hydrogen-bond donors (Lipinski definition) is 4. The third-order valence-corrected chi connectivity index (χ3v) is 10.2. The van der Waals surface area contributed by atoms with Crippen molar-refractivity contribution in [3.8, 4) is 11.9 Å². The number of fused-ring (bicyclic) bond motifs is 3. The minimum absolute atomic E-state index is 0.144. The van der Waals surface area contributed by atoms with Gasteiger partial charge in [0, 0.05) is 18.2 Å². The average Bonchev–Trinajstić information content (AvgIpc) is 2.89. The molecule has 0 bridgehead atoms. The molecule has 4 heterocycles. The number of pyridine rings is 2. The number of carbonyl (C=O) groups excluding carboxylic acids is 1. The van der Waals surface area contributed by atoms with Gasteiger partial charge in [-0.15, -0.1) is 0 Å². The summed E-state index contributed by atoms with van der Waals surface area (Å²) >= 11 is 0. The van der Waals surface area contributed by atoms with Crippen molar-refractivity contribution in [3.63, 3.8) is 0 Å². The number of nitrogens with one attached hydrogen (secondary N) is 1. The van der Waals surface area contributed by atoms with E-state index in [0.717, 1.165) is 6.42 Å². The van der Waals surface area contributed by atoms with Gasteiger partial charge in [-0.3, -0.25) is 18.9 Å². The van der Waals surface area contributed by atoms with Gasteiger partial charge in [0.1, 0.15) is 27.9 Å². The number of nitrogens with two attached hydrogens (primary N) is 1. The quantitative estimate of drug-likeness (QED) is 0.522. The van der Waals surface area contributed by atoms with Crippen LogP contribution in [0.25, 0.3) is 0 Å². The lowest BCUT2D eigenvalue weighted by Crippen LogP contribution is -2.62. The Morgan fingerprint density at radius 2 is 2.12 bits per heavy atom. The summed E-state index contributed by atoms with van der Waals surface area (Å²) in [5, 5.41) is 11.1. The summed E-state index contributed by atoms with van der Waals surface area (Å²) in [6, 6.07) is 6.62. The first kappa shape index (κ1) is 21.6. The molecule has 3 aliphatic rings. The second-order valence-electron chi connectivity index (χ2n) is 8.79. The normalized spacial score (nSPS) is 27.3. The topological polar surface area (TPSA) is 167 Å². The Balaban J connectivity index is 1.53. The summed E-state index contributed by atoms with van der Waals surface area (Å²) in [5.41, 5.74) is 6.69. The van der Waals surface area contributed by atoms with Gasteiger partial charge in [0.25, 0.3) is 5.91 Å². The number of anilines is 1. The minimum atomic E-state index is -3.13. The Labute approximate surface area is 192 Å². The zero-order valence-corrected chi connectivity index (χ0v) is 18.8. The fourth-order valence-corrected chi connectivity index (χ4v) is 7.99. The van der Waals surface area contributed by atoms with Crippen molar-refractivity contribution in [1.29, 1.82) is 5.26 Å². The van der Waals surface area contributed by atoms with Crippen molar-refractivity contribution >= 4 is 28.0 Å². The van der Waals surface area contributed by atoms with Gasteiger partial charge in [0.15, 0.2) is 0 Å². The van der Waals surface area contributed by atoms with E-state index in [1.807, 2.05) is 13.0 Å². The fourth-order valence-electron chi connectivity index (χ4n) is 4.95. The van der Waals surface area contributed by atoms with E-state index in [1.165, 1.54) is 24.5 Å². The summed E-state index contributed by atoms with van der Waals surface area (Å²) in [6.07, 6.45) is 5.28. The summed E-state index contributed by atoms with van der Waals surface area (Å²) in [4.78, 5) is 25.9. The molecule has 1 saturated carbocycles. The molecule has 0 saturated heterocycles. The van der Waals surface area contributed by atoms with Crippen molar-refractivity contribution in [2.75, 3.05) is 11.9 Å². The lowest BCUT2D eigenvalue weighted by Gasteiger charge is -2.63. The molecule has 1 spiro atoms. The maximum Gasteiger partial charge on any atom is 0.274 e. The van der Waals surface area contributed by atoms with E-state index >= 15 is 0 Å². The Morgan fingerprint density at radius 3 is 2.76 bits per heavy atom. The number of ether oxygens (including phenoxy) is 1. The van der Waals surface area contributed by atoms with Crippen molar-refractivity contribution in [1.82, 2.24) is 9.97 Å². The molecule has 0 radical (unpaired) electrons. The first-order chi connectivity index (χ1) is 15.7. The molecule has 2 aromatic rings. The van der Waals surface area contributed by atoms with Gasteiger partial charge < -0.3 is 15.8 Å². The average molecular weight is 469 g/mol. The lowest BCUT2D eigenvalue weighted by molar-refractivity contribution is 0.102. The van der Waals surface area contributed by atoms with Crippen molar-refractivity contribution in [3.05, 3.63) is 47.4 Å². The highest BCUT2D eigenvalue weighted by Gasteiger charge is 2.63. The largest absolute Gasteiger partial charge is 0.477 e. The smallest absolute Gasteiger partial charge is 0.274 e. The van der Waals surface area contributed by atoms with E-state index in [-0.39, 0.29) is 18.1 Å². The van der Waals surface area contributed by atoms with Crippen LogP contribution in [0.3, 0.4) is 0 Å². The number of hydrogen-bond acceptors (Lipinski definition) is 9. The van der Waals surface area contributed by atoms with E-state index < -0.39 is 32.0 Å². The first-order valence-corrected chi connectivity index (χ1v) is 12.3. The van der Waals surface area contributed by atoms with Crippen molar-refractivity contribution in [2.24, 2.45) is 10.7 Å². The molecule has 2 aliphatic heterocycles. The molecule has 0 aromatic carbocycles. The summed E-state index contributed by atoms with van der Waals surface area (Å²) in [7, 11) is -3.13. The zero-order valence-electron chi connectivity index (χ0n) is 18.0. The number of rotatable bonds is 2. The van der Waals surface area contributed by atoms with Gasteiger partial charge in [-0.25, -0.2) is 9.97 Å². The molecular formula is C22H24N6O4S. The predicted octanol–water partition coefficient (Wildman–Crippen LogP) is 3.01. The summed E-state index contributed by atoms with van der Waals surface area (Å²) in [5.74, 6) is 0.115. The molecule has 5 rings (SSSR count). The highest BCUT2D eigenvalue weighted by Crippen LogP contribution is 2.71. The molecular weight excluding hydrogens is 444 g/mol. The number of aliphatic imine (C=N–C) groups is 1. The van der Waals surface area contributed by atoms with E-state index in [1.54, 1.807) is 6.07 Å². The molecule has 1 fully saturated rings. The van der Waals surface area contributed by atoms with Crippen molar-refractivity contribution < 1.29 is 18.6 Å². The Hall–Kier alpha value is -3.20. The number of nitrogens with zero attached hydrogens (tertiary/aromatic N) is 4. The number of amidine groups is 1. The van der Waals surface area contributed by atoms with Crippen LogP contribution in [0.5, 0.6) is 5.88 Å². The fraction of sp³-hybridized carbons (Fsp3) is 0.409. The van der Waals surface area contributed by atoms with Gasteiger partial charge in [0.2, 0.25) is 5.88 Å². The third kappa shape index (κ3) is 3.09. The van der Waals surface area contributed by atoms with Crippen LogP contribution in [0.15, 0.2) is 35.6 Å². The maximum absolute atomic E-state index is 12.7. The van der Waals surface area contributed by atoms with Gasteiger partial charge in [-0.05, 0) is 44.4 Å². The number of amides is 1. The Kier molecular flexibility index (Phi) is 4.86. The van der Waals surface area contributed by atoms with Gasteiger partial charge >= 0.3 is 0 Å². The lowest BCUT2D eigenvalue weighted by atomic mass is 9.81. The van der Waals surface area contributed by atoms with Crippen LogP contribution in [0, 0.1) is 11.3 Å². The summed E-state index contributed by atoms with van der Waals surface area (Å²) < 4.78 is 27.8. The van der Waals surface area contributed by atoms with Gasteiger partial charge in [-0.2, -0.15) is 15.9 Å². The Morgan fingerprint density at radius 1 is 1.33 bits per heavy atom. The highest BCUT2D eigenvalue weighted by atomic mass is 32.3. The molecule has 0 unspecified atom stereocenters. The van der Waals surface area contributed by atoms with Crippen LogP contribution in [-0.2, 0) is 5.54 Å². The predicted molar refractivity (Wildman–Crippen MR) is 123 cm³/mol. The number of nitriles is 1. The molecule has 2 aromatic heterocycles. The van der Waals surface area contributed by atoms with Crippen LogP contribution < -0.4 is 15.8 Å². The molecule has 2 atom stereocenters. The van der Waals surface area contributed by atoms with Gasteiger partial charge in [-0.1, -0.05) is 0 Å². The van der Waals surface area contributed by atoms with Crippen LogP contribution >= 0.6 is 10.6 Å². The molecule has 1 amide bonds. The second-order valence-corrected chi connectivity index (χ2v) is 11.3. The third-order valence-electron chi connectivity index (χ3n) is 6.98. The van der Waals surface area contributed by atoms with E-state index in [2.05, 4.69) is 15.3 Å². The van der Waals surface area contributed by atoms with Crippen LogP contribution in [0.2, 0.25) is 0 Å². The molecule has 172 valence electrons. The minimum Gasteiger partial charge on any atom is -0.477 e. The van der Waals surface area contributed by atoms with E-state index in [9.17, 15) is 13.9 Å². The number of aromatic nitrogens is 2. The molecule has 10 nitrogen and oxygen atoms in total. The van der Waals surface area contributed by atoms with Crippen LogP contribution in [-0.4, -0.2) is 47.4 Å². The maximum atomic E-state index is 12.7. The SMILES string of the molecule is C[C@]12N=C(N)C3(CCC3)S(O)(O)[C@@H]1CCOc1ncc(NC(=O)c3ccc(C#N)cn3)cc12. The molecule has 5 N–H and O–H groups in total.